The largest absolute Gasteiger partial charge is 0.321 e. The van der Waals surface area contributed by atoms with Gasteiger partial charge in [0, 0.05) is 30.1 Å². The Balaban J connectivity index is 1.67. The Morgan fingerprint density at radius 3 is 2.66 bits per heavy atom. The van der Waals surface area contributed by atoms with Crippen LogP contribution in [0.4, 0.5) is 10.1 Å². The van der Waals surface area contributed by atoms with Crippen molar-refractivity contribution < 1.29 is 9.18 Å². The highest BCUT2D eigenvalue weighted by Gasteiger charge is 2.12. The molecule has 0 saturated heterocycles. The van der Waals surface area contributed by atoms with Crippen molar-refractivity contribution in [1.82, 2.24) is 20.0 Å². The zero-order valence-electron chi connectivity index (χ0n) is 15.9. The van der Waals surface area contributed by atoms with Gasteiger partial charge in [0.2, 0.25) is 5.91 Å². The Kier molecular flexibility index (Phi) is 4.67. The molecule has 0 radical (unpaired) electrons. The molecule has 146 valence electrons. The van der Waals surface area contributed by atoms with Crippen LogP contribution < -0.4 is 10.5 Å². The molecule has 0 unspecified atom stereocenters. The minimum absolute atomic E-state index is 0.0211. The van der Waals surface area contributed by atoms with Gasteiger partial charge in [-0.05, 0) is 48.5 Å². The summed E-state index contributed by atoms with van der Waals surface area (Å²) in [5.41, 5.74) is 2.40. The molecule has 0 aliphatic heterocycles. The zero-order chi connectivity index (χ0) is 20.5. The maximum atomic E-state index is 13.5. The number of amides is 1. The zero-order valence-corrected chi connectivity index (χ0v) is 15.9. The number of nitrogens with zero attached hydrogens (tertiary/aromatic N) is 4. The van der Waals surface area contributed by atoms with Crippen molar-refractivity contribution in [2.24, 2.45) is 0 Å². The third-order valence-electron chi connectivity index (χ3n) is 4.75. The van der Waals surface area contributed by atoms with E-state index in [0.29, 0.717) is 28.6 Å². The quantitative estimate of drug-likeness (QED) is 0.579. The number of halogens is 1. The Labute approximate surface area is 165 Å². The van der Waals surface area contributed by atoms with Gasteiger partial charge in [0.25, 0.3) is 5.56 Å². The molecule has 1 N–H and O–H groups in total. The Morgan fingerprint density at radius 2 is 1.93 bits per heavy atom. The molecular formula is C21H18FN5O2. The van der Waals surface area contributed by atoms with Gasteiger partial charge in [0.05, 0.1) is 17.4 Å². The van der Waals surface area contributed by atoms with Crippen LogP contribution in [0.1, 0.15) is 13.3 Å². The molecule has 8 heteroatoms. The normalized spacial score (nSPS) is 11.0. The van der Waals surface area contributed by atoms with Crippen molar-refractivity contribution in [1.29, 1.82) is 0 Å². The molecule has 0 aliphatic rings. The lowest BCUT2D eigenvalue weighted by molar-refractivity contribution is -0.118. The molecule has 4 aromatic rings. The van der Waals surface area contributed by atoms with E-state index in [-0.39, 0.29) is 17.3 Å². The molecule has 4 rings (SSSR count). The van der Waals surface area contributed by atoms with Crippen LogP contribution in [0.25, 0.3) is 27.8 Å². The summed E-state index contributed by atoms with van der Waals surface area (Å²) in [6.07, 6.45) is 2.06. The molecule has 29 heavy (non-hydrogen) atoms. The number of nitrogens with one attached hydrogen (secondary N) is 1. The first-order valence-electron chi connectivity index (χ1n) is 9.08. The van der Waals surface area contributed by atoms with Crippen molar-refractivity contribution in [2.45, 2.75) is 13.3 Å². The van der Waals surface area contributed by atoms with E-state index in [1.54, 1.807) is 24.2 Å². The van der Waals surface area contributed by atoms with Crippen LogP contribution in [-0.2, 0) is 4.79 Å². The lowest BCUT2D eigenvalue weighted by atomic mass is 10.1. The van der Waals surface area contributed by atoms with E-state index in [0.717, 1.165) is 11.4 Å². The van der Waals surface area contributed by atoms with Crippen LogP contribution in [0.5, 0.6) is 0 Å². The van der Waals surface area contributed by atoms with Gasteiger partial charge in [-0.2, -0.15) is 0 Å². The second-order valence-electron chi connectivity index (χ2n) is 6.61. The number of hydrogen-bond acceptors (Lipinski definition) is 4. The summed E-state index contributed by atoms with van der Waals surface area (Å²) in [6, 6.07) is 13.0. The Bertz CT molecular complexity index is 1260. The first kappa shape index (κ1) is 18.5. The standard InChI is InChI=1S/C21H18FN5O2/c1-3-20(28)26(2)15-5-7-16(8-6-15)27-12-19(24-25-27)17-11-13-10-14(22)4-9-18(13)23-21(17)29/h4-12H,3H2,1-2H3,(H,23,29). The average molecular weight is 391 g/mol. The van der Waals surface area contributed by atoms with E-state index in [1.807, 2.05) is 31.2 Å². The highest BCUT2D eigenvalue weighted by atomic mass is 19.1. The predicted molar refractivity (Wildman–Crippen MR) is 109 cm³/mol. The van der Waals surface area contributed by atoms with Gasteiger partial charge in [0.15, 0.2) is 0 Å². The van der Waals surface area contributed by atoms with E-state index in [4.69, 9.17) is 0 Å². The van der Waals surface area contributed by atoms with Crippen LogP contribution >= 0.6 is 0 Å². The number of fused-ring (bicyclic) bond motifs is 1. The van der Waals surface area contributed by atoms with Crippen LogP contribution in [0.3, 0.4) is 0 Å². The van der Waals surface area contributed by atoms with Crippen LogP contribution in [0, 0.1) is 5.82 Å². The number of H-pyrrole nitrogens is 1. The lowest BCUT2D eigenvalue weighted by Crippen LogP contribution is -2.24. The summed E-state index contributed by atoms with van der Waals surface area (Å²) in [7, 11) is 1.73. The molecule has 0 fully saturated rings. The maximum absolute atomic E-state index is 13.5. The highest BCUT2D eigenvalue weighted by molar-refractivity contribution is 5.92. The number of benzene rings is 2. The number of hydrogen-bond donors (Lipinski definition) is 1. The van der Waals surface area contributed by atoms with Crippen molar-refractivity contribution in [3.05, 3.63) is 70.9 Å². The van der Waals surface area contributed by atoms with E-state index in [2.05, 4.69) is 15.3 Å². The molecule has 0 atom stereocenters. The Morgan fingerprint density at radius 1 is 1.17 bits per heavy atom. The summed E-state index contributed by atoms with van der Waals surface area (Å²) in [5.74, 6) is -0.362. The molecule has 0 bridgehead atoms. The third-order valence-corrected chi connectivity index (χ3v) is 4.75. The highest BCUT2D eigenvalue weighted by Crippen LogP contribution is 2.21. The number of carbonyl (C=O) groups excluding carboxylic acids is 1. The second-order valence-corrected chi connectivity index (χ2v) is 6.61. The molecule has 1 amide bonds. The topological polar surface area (TPSA) is 83.9 Å². The summed E-state index contributed by atoms with van der Waals surface area (Å²) in [5, 5.41) is 8.74. The van der Waals surface area contributed by atoms with E-state index >= 15 is 0 Å². The fourth-order valence-corrected chi connectivity index (χ4v) is 3.09. The smallest absolute Gasteiger partial charge is 0.258 e. The second kappa shape index (κ2) is 7.31. The lowest BCUT2D eigenvalue weighted by Gasteiger charge is -2.16. The number of pyridine rings is 1. The van der Waals surface area contributed by atoms with E-state index < -0.39 is 0 Å². The average Bonchev–Trinajstić information content (AvgIpc) is 3.22. The van der Waals surface area contributed by atoms with Gasteiger partial charge >= 0.3 is 0 Å². The molecule has 2 aromatic heterocycles. The van der Waals surface area contributed by atoms with Crippen molar-refractivity contribution in [2.75, 3.05) is 11.9 Å². The van der Waals surface area contributed by atoms with Crippen LogP contribution in [0.15, 0.2) is 59.5 Å². The fraction of sp³-hybridized carbons (Fsp3) is 0.143. The number of carbonyl (C=O) groups is 1. The summed E-state index contributed by atoms with van der Waals surface area (Å²) < 4.78 is 15.0. The van der Waals surface area contributed by atoms with Gasteiger partial charge in [0.1, 0.15) is 11.5 Å². The third kappa shape index (κ3) is 3.52. The van der Waals surface area contributed by atoms with Crippen molar-refractivity contribution >= 4 is 22.5 Å². The summed E-state index contributed by atoms with van der Waals surface area (Å²) in [6.45, 7) is 1.81. The van der Waals surface area contributed by atoms with Gasteiger partial charge < -0.3 is 9.88 Å². The molecule has 2 aromatic carbocycles. The van der Waals surface area contributed by atoms with Crippen LogP contribution in [0.2, 0.25) is 0 Å². The fourth-order valence-electron chi connectivity index (χ4n) is 3.09. The van der Waals surface area contributed by atoms with Crippen molar-refractivity contribution in [3.8, 4) is 16.9 Å². The van der Waals surface area contributed by atoms with Gasteiger partial charge in [-0.1, -0.05) is 12.1 Å². The van der Waals surface area contributed by atoms with Gasteiger partial charge in [-0.25, -0.2) is 9.07 Å². The van der Waals surface area contributed by atoms with Crippen molar-refractivity contribution in [3.63, 3.8) is 0 Å². The molecule has 0 saturated carbocycles. The SMILES string of the molecule is CCC(=O)N(C)c1ccc(-n2cc(-c3cc4cc(F)ccc4[nH]c3=O)nn2)cc1. The number of aromatic nitrogens is 4. The summed E-state index contributed by atoms with van der Waals surface area (Å²) >= 11 is 0. The maximum Gasteiger partial charge on any atom is 0.258 e. The predicted octanol–water partition coefficient (Wildman–Crippen LogP) is 3.29. The minimum Gasteiger partial charge on any atom is -0.321 e. The molecular weight excluding hydrogens is 373 g/mol. The number of anilines is 1. The molecule has 2 heterocycles. The van der Waals surface area contributed by atoms with E-state index in [9.17, 15) is 14.0 Å². The van der Waals surface area contributed by atoms with Gasteiger partial charge in [-0.3, -0.25) is 9.59 Å². The summed E-state index contributed by atoms with van der Waals surface area (Å²) in [4.78, 5) is 28.5. The molecule has 7 nitrogen and oxygen atoms in total. The Hall–Kier alpha value is -3.81. The number of aromatic amines is 1. The molecule has 0 spiro atoms. The number of rotatable bonds is 4. The first-order valence-corrected chi connectivity index (χ1v) is 9.08. The van der Waals surface area contributed by atoms with E-state index in [1.165, 1.54) is 22.9 Å². The first-order chi connectivity index (χ1) is 14.0. The molecule has 0 aliphatic carbocycles. The van der Waals surface area contributed by atoms with Gasteiger partial charge in [-0.15, -0.1) is 5.10 Å². The monoisotopic (exact) mass is 391 g/mol. The van der Waals surface area contributed by atoms with Crippen LogP contribution in [-0.4, -0.2) is 32.9 Å². The minimum atomic E-state index is -0.384.